The molecule has 3 heteroatoms. The standard InChI is InChI=1S/C22H34O2Si/c1-15(2)18(5)22(6,7)25(23-8,24-9)21-17(4)11-13-19-12-10-16(3)14-20(19)21/h10-15,18H,1-9H3. The fraction of sp³-hybridized carbons (Fsp3) is 0.545. The van der Waals surface area contributed by atoms with Crippen LogP contribution in [0.1, 0.15) is 45.7 Å². The Morgan fingerprint density at radius 2 is 1.48 bits per heavy atom. The molecule has 138 valence electrons. The van der Waals surface area contributed by atoms with E-state index in [9.17, 15) is 0 Å². The number of rotatable bonds is 6. The van der Waals surface area contributed by atoms with E-state index < -0.39 is 8.56 Å². The molecule has 0 saturated heterocycles. The maximum atomic E-state index is 6.35. The van der Waals surface area contributed by atoms with Gasteiger partial charge in [-0.3, -0.25) is 0 Å². The zero-order chi connectivity index (χ0) is 19.0. The molecule has 1 unspecified atom stereocenters. The Hall–Kier alpha value is -1.16. The van der Waals surface area contributed by atoms with Crippen LogP contribution in [0, 0.1) is 25.7 Å². The lowest BCUT2D eigenvalue weighted by Crippen LogP contribution is -2.63. The van der Waals surface area contributed by atoms with E-state index in [0.717, 1.165) is 0 Å². The quantitative estimate of drug-likeness (QED) is 0.637. The van der Waals surface area contributed by atoms with E-state index >= 15 is 0 Å². The third-order valence-electron chi connectivity index (χ3n) is 6.28. The van der Waals surface area contributed by atoms with Crippen molar-refractivity contribution in [1.82, 2.24) is 0 Å². The summed E-state index contributed by atoms with van der Waals surface area (Å²) in [7, 11) is 0.959. The third kappa shape index (κ3) is 3.18. The first-order valence-electron chi connectivity index (χ1n) is 9.23. The topological polar surface area (TPSA) is 18.5 Å². The first-order valence-corrected chi connectivity index (χ1v) is 11.0. The van der Waals surface area contributed by atoms with Gasteiger partial charge in [0.15, 0.2) is 0 Å². The van der Waals surface area contributed by atoms with Crippen LogP contribution in [-0.2, 0) is 8.85 Å². The van der Waals surface area contributed by atoms with Gasteiger partial charge in [-0.25, -0.2) is 0 Å². The van der Waals surface area contributed by atoms with Gasteiger partial charge in [-0.2, -0.15) is 0 Å². The molecule has 0 spiro atoms. The molecular weight excluding hydrogens is 324 g/mol. The second-order valence-corrected chi connectivity index (χ2v) is 12.1. The van der Waals surface area contributed by atoms with Crippen molar-refractivity contribution in [2.45, 2.75) is 53.5 Å². The van der Waals surface area contributed by atoms with Crippen molar-refractivity contribution in [1.29, 1.82) is 0 Å². The van der Waals surface area contributed by atoms with Crippen molar-refractivity contribution in [3.05, 3.63) is 41.5 Å². The second kappa shape index (κ2) is 7.22. The summed E-state index contributed by atoms with van der Waals surface area (Å²) in [6, 6.07) is 11.1. The van der Waals surface area contributed by atoms with Crippen LogP contribution in [0.15, 0.2) is 30.3 Å². The maximum absolute atomic E-state index is 6.35. The predicted octanol–water partition coefficient (Wildman–Crippen LogP) is 5.47. The molecule has 0 saturated carbocycles. The fourth-order valence-electron chi connectivity index (χ4n) is 4.25. The normalized spacial score (nSPS) is 14.3. The second-order valence-electron chi connectivity index (χ2n) is 8.26. The molecule has 0 N–H and O–H groups in total. The van der Waals surface area contributed by atoms with Crippen molar-refractivity contribution in [2.24, 2.45) is 11.8 Å². The molecule has 0 amide bonds. The molecule has 0 fully saturated rings. The van der Waals surface area contributed by atoms with Crippen molar-refractivity contribution in [3.63, 3.8) is 0 Å². The SMILES string of the molecule is CO[Si](OC)(c1c(C)ccc2ccc(C)cc12)C(C)(C)C(C)C(C)C. The lowest BCUT2D eigenvalue weighted by Gasteiger charge is -2.47. The minimum atomic E-state index is -2.70. The monoisotopic (exact) mass is 358 g/mol. The molecule has 25 heavy (non-hydrogen) atoms. The van der Waals surface area contributed by atoms with Gasteiger partial charge in [0.1, 0.15) is 0 Å². The van der Waals surface area contributed by atoms with E-state index in [4.69, 9.17) is 8.85 Å². The first kappa shape index (κ1) is 20.2. The van der Waals surface area contributed by atoms with Gasteiger partial charge in [-0.05, 0) is 42.0 Å². The number of benzene rings is 2. The van der Waals surface area contributed by atoms with E-state index in [1.807, 2.05) is 14.2 Å². The third-order valence-corrected chi connectivity index (χ3v) is 10.9. The molecule has 0 heterocycles. The lowest BCUT2D eigenvalue weighted by atomic mass is 9.86. The number of aryl methyl sites for hydroxylation is 2. The number of hydrogen-bond acceptors (Lipinski definition) is 2. The van der Waals surface area contributed by atoms with Crippen molar-refractivity contribution >= 4 is 24.5 Å². The smallest absolute Gasteiger partial charge is 0.379 e. The summed E-state index contributed by atoms with van der Waals surface area (Å²) >= 11 is 0. The summed E-state index contributed by atoms with van der Waals surface area (Å²) in [6.45, 7) is 15.9. The van der Waals surface area contributed by atoms with Crippen molar-refractivity contribution in [3.8, 4) is 0 Å². The number of fused-ring (bicyclic) bond motifs is 1. The van der Waals surface area contributed by atoms with Gasteiger partial charge < -0.3 is 8.85 Å². The van der Waals surface area contributed by atoms with Crippen LogP contribution >= 0.6 is 0 Å². The Morgan fingerprint density at radius 3 is 2.00 bits per heavy atom. The zero-order valence-corrected chi connectivity index (χ0v) is 18.4. The van der Waals surface area contributed by atoms with Gasteiger partial charge in [-0.1, -0.05) is 70.5 Å². The minimum absolute atomic E-state index is 0.0759. The summed E-state index contributed by atoms with van der Waals surface area (Å²) in [6.07, 6.45) is 0. The highest BCUT2D eigenvalue weighted by Crippen LogP contribution is 2.48. The minimum Gasteiger partial charge on any atom is -0.394 e. The highest BCUT2D eigenvalue weighted by atomic mass is 28.4. The van der Waals surface area contributed by atoms with Gasteiger partial charge in [0.25, 0.3) is 0 Å². The van der Waals surface area contributed by atoms with E-state index in [1.165, 1.54) is 27.1 Å². The Balaban J connectivity index is 2.88. The van der Waals surface area contributed by atoms with Gasteiger partial charge in [0.2, 0.25) is 0 Å². The average Bonchev–Trinajstić information content (AvgIpc) is 2.56. The number of hydrogen-bond donors (Lipinski definition) is 0. The first-order chi connectivity index (χ1) is 11.6. The Morgan fingerprint density at radius 1 is 0.920 bits per heavy atom. The molecule has 0 bridgehead atoms. The van der Waals surface area contributed by atoms with Crippen LogP contribution in [-0.4, -0.2) is 22.8 Å². The maximum Gasteiger partial charge on any atom is 0.379 e. The van der Waals surface area contributed by atoms with Crippen LogP contribution in [0.4, 0.5) is 0 Å². The van der Waals surface area contributed by atoms with Gasteiger partial charge in [-0.15, -0.1) is 0 Å². The highest BCUT2D eigenvalue weighted by molar-refractivity contribution is 6.86. The average molecular weight is 359 g/mol. The van der Waals surface area contributed by atoms with E-state index in [-0.39, 0.29) is 5.04 Å². The largest absolute Gasteiger partial charge is 0.394 e. The van der Waals surface area contributed by atoms with Gasteiger partial charge in [0.05, 0.1) is 0 Å². The molecule has 1 atom stereocenters. The molecular formula is C22H34O2Si. The molecule has 0 radical (unpaired) electrons. The molecule has 0 aliphatic rings. The van der Waals surface area contributed by atoms with Crippen LogP contribution in [0.5, 0.6) is 0 Å². The summed E-state index contributed by atoms with van der Waals surface area (Å²) in [5, 5.41) is 3.74. The summed E-state index contributed by atoms with van der Waals surface area (Å²) in [5.41, 5.74) is 2.53. The fourth-order valence-corrected chi connectivity index (χ4v) is 8.63. The van der Waals surface area contributed by atoms with Gasteiger partial charge >= 0.3 is 8.56 Å². The van der Waals surface area contributed by atoms with Gasteiger partial charge in [0, 0.05) is 24.4 Å². The van der Waals surface area contributed by atoms with Crippen LogP contribution < -0.4 is 5.19 Å². The Kier molecular flexibility index (Phi) is 5.82. The van der Waals surface area contributed by atoms with E-state index in [0.29, 0.717) is 11.8 Å². The van der Waals surface area contributed by atoms with Crippen LogP contribution in [0.2, 0.25) is 5.04 Å². The summed E-state index contributed by atoms with van der Waals surface area (Å²) < 4.78 is 12.7. The Bertz CT molecular complexity index is 740. The predicted molar refractivity (Wildman–Crippen MR) is 111 cm³/mol. The molecule has 0 aliphatic heterocycles. The van der Waals surface area contributed by atoms with Crippen molar-refractivity contribution in [2.75, 3.05) is 14.2 Å². The molecule has 2 aromatic rings. The Labute approximate surface area is 154 Å². The molecule has 2 rings (SSSR count). The zero-order valence-electron chi connectivity index (χ0n) is 17.4. The van der Waals surface area contributed by atoms with Crippen LogP contribution in [0.3, 0.4) is 0 Å². The molecule has 2 nitrogen and oxygen atoms in total. The molecule has 0 aliphatic carbocycles. The molecule has 0 aromatic heterocycles. The van der Waals surface area contributed by atoms with Crippen molar-refractivity contribution < 1.29 is 8.85 Å². The lowest BCUT2D eigenvalue weighted by molar-refractivity contribution is 0.186. The van der Waals surface area contributed by atoms with Crippen LogP contribution in [0.25, 0.3) is 10.8 Å². The highest BCUT2D eigenvalue weighted by Gasteiger charge is 2.57. The van der Waals surface area contributed by atoms with E-state index in [2.05, 4.69) is 78.8 Å². The summed E-state index contributed by atoms with van der Waals surface area (Å²) in [4.78, 5) is 0. The van der Waals surface area contributed by atoms with E-state index in [1.54, 1.807) is 0 Å². The summed E-state index contributed by atoms with van der Waals surface area (Å²) in [5.74, 6) is 1.03. The molecule has 2 aromatic carbocycles.